The molecule has 1 unspecified atom stereocenters. The van der Waals surface area contributed by atoms with Gasteiger partial charge in [-0.1, -0.05) is 48.6 Å². The number of Topliss-reactive ketones (excluding diaryl/α,β-unsaturated/α-hetero) is 1. The number of carbonyl (C=O) groups is 2. The molecule has 1 aliphatic rings. The Morgan fingerprint density at radius 2 is 1.81 bits per heavy atom. The van der Waals surface area contributed by atoms with E-state index < -0.39 is 15.6 Å². The summed E-state index contributed by atoms with van der Waals surface area (Å²) in [6.07, 6.45) is 12.6. The topological polar surface area (TPSA) is 76.5 Å². The van der Waals surface area contributed by atoms with Gasteiger partial charge in [-0.05, 0) is 25.0 Å². The van der Waals surface area contributed by atoms with Crippen LogP contribution < -0.4 is 0 Å². The third-order valence-corrected chi connectivity index (χ3v) is 6.38. The van der Waals surface area contributed by atoms with Gasteiger partial charge in [0.05, 0.1) is 20.5 Å². The SMILES string of the molecule is CC(=O)c1ccc(-c2cncc(C(=O)N=[S@@](C)(=O)C3C=CC=CC3)c2)cc1. The van der Waals surface area contributed by atoms with Gasteiger partial charge in [-0.3, -0.25) is 14.6 Å². The van der Waals surface area contributed by atoms with E-state index in [4.69, 9.17) is 0 Å². The van der Waals surface area contributed by atoms with E-state index >= 15 is 0 Å². The quantitative estimate of drug-likeness (QED) is 0.749. The lowest BCUT2D eigenvalue weighted by atomic mass is 10.0. The van der Waals surface area contributed by atoms with Crippen molar-refractivity contribution in [1.82, 2.24) is 4.98 Å². The van der Waals surface area contributed by atoms with E-state index in [1.54, 1.807) is 36.5 Å². The van der Waals surface area contributed by atoms with E-state index in [2.05, 4.69) is 9.35 Å². The summed E-state index contributed by atoms with van der Waals surface area (Å²) in [6.45, 7) is 1.51. The molecule has 6 heteroatoms. The number of pyridine rings is 1. The zero-order valence-corrected chi connectivity index (χ0v) is 16.0. The summed E-state index contributed by atoms with van der Waals surface area (Å²) in [4.78, 5) is 28.1. The van der Waals surface area contributed by atoms with Gasteiger partial charge in [-0.2, -0.15) is 4.36 Å². The maximum Gasteiger partial charge on any atom is 0.286 e. The third-order valence-electron chi connectivity index (χ3n) is 4.38. The zero-order chi connectivity index (χ0) is 19.4. The summed E-state index contributed by atoms with van der Waals surface area (Å²) < 4.78 is 16.9. The molecule has 1 amide bonds. The normalized spacial score (nSPS) is 17.9. The highest BCUT2D eigenvalue weighted by Gasteiger charge is 2.19. The van der Waals surface area contributed by atoms with E-state index in [-0.39, 0.29) is 16.6 Å². The first kappa shape index (κ1) is 18.9. The molecule has 0 radical (unpaired) electrons. The molecular weight excluding hydrogens is 360 g/mol. The van der Waals surface area contributed by atoms with E-state index in [1.807, 2.05) is 24.3 Å². The summed E-state index contributed by atoms with van der Waals surface area (Å²) in [5.74, 6) is -0.549. The van der Waals surface area contributed by atoms with Crippen LogP contribution in [0.5, 0.6) is 0 Å². The Morgan fingerprint density at radius 1 is 1.07 bits per heavy atom. The van der Waals surface area contributed by atoms with Gasteiger partial charge in [-0.25, -0.2) is 4.21 Å². The number of ketones is 1. The molecule has 0 aliphatic heterocycles. The molecule has 1 aromatic carbocycles. The molecule has 2 atom stereocenters. The number of amides is 1. The lowest BCUT2D eigenvalue weighted by molar-refractivity contribution is 0.0999. The van der Waals surface area contributed by atoms with Crippen LogP contribution in [0, 0.1) is 0 Å². The van der Waals surface area contributed by atoms with Crippen LogP contribution >= 0.6 is 0 Å². The number of allylic oxidation sites excluding steroid dienone is 3. The highest BCUT2D eigenvalue weighted by molar-refractivity contribution is 7.94. The average molecular weight is 380 g/mol. The Morgan fingerprint density at radius 3 is 2.44 bits per heavy atom. The van der Waals surface area contributed by atoms with Crippen LogP contribution in [0.1, 0.15) is 34.1 Å². The Bertz CT molecular complexity index is 1060. The molecule has 27 heavy (non-hydrogen) atoms. The first-order valence-corrected chi connectivity index (χ1v) is 10.5. The van der Waals surface area contributed by atoms with Crippen LogP contribution in [-0.2, 0) is 9.73 Å². The predicted molar refractivity (Wildman–Crippen MR) is 107 cm³/mol. The number of benzene rings is 1. The smallest absolute Gasteiger partial charge is 0.286 e. The van der Waals surface area contributed by atoms with Gasteiger partial charge in [-0.15, -0.1) is 0 Å². The first-order valence-electron chi connectivity index (χ1n) is 8.52. The summed E-state index contributed by atoms with van der Waals surface area (Å²) in [5.41, 5.74) is 2.47. The minimum atomic E-state index is -2.70. The van der Waals surface area contributed by atoms with Gasteiger partial charge in [0.25, 0.3) is 5.91 Å². The average Bonchev–Trinajstić information content (AvgIpc) is 2.68. The second-order valence-electron chi connectivity index (χ2n) is 6.44. The maximum atomic E-state index is 12.9. The van der Waals surface area contributed by atoms with Gasteiger partial charge in [0.1, 0.15) is 0 Å². The molecule has 1 aromatic heterocycles. The summed E-state index contributed by atoms with van der Waals surface area (Å²) in [6, 6.07) is 8.76. The molecule has 5 nitrogen and oxygen atoms in total. The Kier molecular flexibility index (Phi) is 5.46. The van der Waals surface area contributed by atoms with Crippen molar-refractivity contribution in [2.45, 2.75) is 18.6 Å². The van der Waals surface area contributed by atoms with Crippen molar-refractivity contribution in [2.24, 2.45) is 4.36 Å². The lowest BCUT2D eigenvalue weighted by Gasteiger charge is -2.14. The van der Waals surface area contributed by atoms with Crippen molar-refractivity contribution < 1.29 is 13.8 Å². The number of rotatable bonds is 4. The Balaban J connectivity index is 1.88. The summed E-state index contributed by atoms with van der Waals surface area (Å²) >= 11 is 0. The van der Waals surface area contributed by atoms with E-state index in [1.165, 1.54) is 19.4 Å². The first-order chi connectivity index (χ1) is 12.9. The highest BCUT2D eigenvalue weighted by Crippen LogP contribution is 2.21. The van der Waals surface area contributed by atoms with Gasteiger partial charge in [0.2, 0.25) is 0 Å². The minimum absolute atomic E-state index is 0.00767. The number of nitrogens with zero attached hydrogens (tertiary/aromatic N) is 2. The van der Waals surface area contributed by atoms with Crippen LogP contribution in [0.3, 0.4) is 0 Å². The van der Waals surface area contributed by atoms with Gasteiger partial charge in [0.15, 0.2) is 5.78 Å². The number of carbonyl (C=O) groups excluding carboxylic acids is 2. The molecule has 0 saturated heterocycles. The molecule has 0 saturated carbocycles. The van der Waals surface area contributed by atoms with E-state index in [0.29, 0.717) is 12.0 Å². The van der Waals surface area contributed by atoms with Gasteiger partial charge in [0, 0.05) is 29.8 Å². The van der Waals surface area contributed by atoms with E-state index in [9.17, 15) is 13.8 Å². The second-order valence-corrected chi connectivity index (χ2v) is 8.95. The number of hydrogen-bond acceptors (Lipinski definition) is 4. The summed E-state index contributed by atoms with van der Waals surface area (Å²) in [7, 11) is -2.70. The Hall–Kier alpha value is -2.86. The van der Waals surface area contributed by atoms with E-state index in [0.717, 1.165) is 11.1 Å². The minimum Gasteiger partial charge on any atom is -0.295 e. The maximum absolute atomic E-state index is 12.9. The van der Waals surface area contributed by atoms with Crippen LogP contribution in [0.25, 0.3) is 11.1 Å². The summed E-state index contributed by atoms with van der Waals surface area (Å²) in [5, 5.41) is -0.276. The molecular formula is C21H20N2O3S. The van der Waals surface area contributed by atoms with Gasteiger partial charge < -0.3 is 0 Å². The highest BCUT2D eigenvalue weighted by atomic mass is 32.2. The van der Waals surface area contributed by atoms with Crippen molar-refractivity contribution in [2.75, 3.05) is 6.26 Å². The van der Waals surface area contributed by atoms with Gasteiger partial charge >= 0.3 is 0 Å². The fraction of sp³-hybridized carbons (Fsp3) is 0.190. The molecule has 1 heterocycles. The number of hydrogen-bond donors (Lipinski definition) is 0. The lowest BCUT2D eigenvalue weighted by Crippen LogP contribution is -2.19. The molecule has 1 aliphatic carbocycles. The molecule has 0 bridgehead atoms. The van der Waals surface area contributed by atoms with Crippen molar-refractivity contribution in [3.05, 3.63) is 78.2 Å². The van der Waals surface area contributed by atoms with Crippen molar-refractivity contribution in [1.29, 1.82) is 0 Å². The van der Waals surface area contributed by atoms with Crippen molar-refractivity contribution >= 4 is 21.4 Å². The predicted octanol–water partition coefficient (Wildman–Crippen LogP) is 4.07. The fourth-order valence-electron chi connectivity index (χ4n) is 2.78. The van der Waals surface area contributed by atoms with Crippen LogP contribution in [0.15, 0.2) is 71.4 Å². The molecule has 0 fully saturated rings. The molecule has 0 N–H and O–H groups in total. The molecule has 0 spiro atoms. The molecule has 138 valence electrons. The van der Waals surface area contributed by atoms with Crippen LogP contribution in [0.2, 0.25) is 0 Å². The third kappa shape index (κ3) is 4.46. The fourth-order valence-corrected chi connectivity index (χ4v) is 4.20. The second kappa shape index (κ2) is 7.80. The standard InChI is InChI=1S/C21H20N2O3S/c1-15(24)16-8-10-17(11-9-16)18-12-19(14-22-13-18)21(25)23-27(2,26)20-6-4-3-5-7-20/h3-6,8-14,20H,7H2,1-2H3/t20?,27-/m0/s1. The Labute approximate surface area is 159 Å². The number of aromatic nitrogens is 1. The molecule has 3 rings (SSSR count). The molecule has 2 aromatic rings. The van der Waals surface area contributed by atoms with Crippen LogP contribution in [0.4, 0.5) is 0 Å². The largest absolute Gasteiger partial charge is 0.295 e. The zero-order valence-electron chi connectivity index (χ0n) is 15.2. The van der Waals surface area contributed by atoms with Crippen molar-refractivity contribution in [3.63, 3.8) is 0 Å². The van der Waals surface area contributed by atoms with Crippen molar-refractivity contribution in [3.8, 4) is 11.1 Å². The van der Waals surface area contributed by atoms with Crippen LogP contribution in [-0.4, -0.2) is 32.4 Å². The monoisotopic (exact) mass is 380 g/mol.